The van der Waals surface area contributed by atoms with E-state index in [-0.39, 0.29) is 6.61 Å². The third kappa shape index (κ3) is 2.57. The highest BCUT2D eigenvalue weighted by Crippen LogP contribution is 2.28. The lowest BCUT2D eigenvalue weighted by Gasteiger charge is -2.30. The van der Waals surface area contributed by atoms with Gasteiger partial charge in [-0.05, 0) is 26.7 Å². The van der Waals surface area contributed by atoms with Gasteiger partial charge in [-0.15, -0.1) is 0 Å². The van der Waals surface area contributed by atoms with Crippen LogP contribution in [0.2, 0.25) is 0 Å². The zero-order valence-electron chi connectivity index (χ0n) is 10.7. The van der Waals surface area contributed by atoms with Crippen molar-refractivity contribution in [2.24, 2.45) is 0 Å². The Kier molecular flexibility index (Phi) is 3.94. The van der Waals surface area contributed by atoms with Crippen molar-refractivity contribution in [3.05, 3.63) is 17.6 Å². The first-order valence-electron chi connectivity index (χ1n) is 6.46. The molecule has 4 heteroatoms. The minimum absolute atomic E-state index is 0.0127. The normalized spacial score (nSPS) is 16.4. The van der Waals surface area contributed by atoms with Crippen LogP contribution in [0, 0.1) is 6.92 Å². The van der Waals surface area contributed by atoms with E-state index in [0.717, 1.165) is 23.8 Å². The summed E-state index contributed by atoms with van der Waals surface area (Å²) in [6.07, 6.45) is 6.83. The van der Waals surface area contributed by atoms with Gasteiger partial charge in [0, 0.05) is 24.3 Å². The van der Waals surface area contributed by atoms with Gasteiger partial charge in [0.15, 0.2) is 0 Å². The van der Waals surface area contributed by atoms with Crippen LogP contribution in [0.5, 0.6) is 0 Å². The van der Waals surface area contributed by atoms with E-state index in [0.29, 0.717) is 6.04 Å². The molecule has 0 aliphatic heterocycles. The Labute approximate surface area is 103 Å². The number of nitrogens with zero attached hydrogens (tertiary/aromatic N) is 3. The SMILES string of the molecule is CCN(c1nc(C)ncc1CO)C1CCCC1. The molecule has 1 N–H and O–H groups in total. The number of aliphatic hydroxyl groups is 1. The number of aromatic nitrogens is 2. The van der Waals surface area contributed by atoms with Gasteiger partial charge in [-0.3, -0.25) is 0 Å². The van der Waals surface area contributed by atoms with E-state index in [4.69, 9.17) is 0 Å². The van der Waals surface area contributed by atoms with Crippen LogP contribution in [-0.4, -0.2) is 27.7 Å². The summed E-state index contributed by atoms with van der Waals surface area (Å²) in [5, 5.41) is 9.39. The van der Waals surface area contributed by atoms with E-state index in [9.17, 15) is 5.11 Å². The second kappa shape index (κ2) is 5.45. The molecule has 2 rings (SSSR count). The predicted octanol–water partition coefficient (Wildman–Crippen LogP) is 2.05. The van der Waals surface area contributed by atoms with Crippen molar-refractivity contribution < 1.29 is 5.11 Å². The first-order chi connectivity index (χ1) is 8.26. The van der Waals surface area contributed by atoms with Crippen molar-refractivity contribution in [3.8, 4) is 0 Å². The lowest BCUT2D eigenvalue weighted by Crippen LogP contribution is -2.34. The van der Waals surface area contributed by atoms with Gasteiger partial charge in [-0.2, -0.15) is 0 Å². The van der Waals surface area contributed by atoms with Crippen molar-refractivity contribution in [3.63, 3.8) is 0 Å². The molecule has 0 bridgehead atoms. The van der Waals surface area contributed by atoms with Crippen LogP contribution in [0.15, 0.2) is 6.20 Å². The molecule has 0 amide bonds. The Hall–Kier alpha value is -1.16. The standard InChI is InChI=1S/C13H21N3O/c1-3-16(12-6-4-5-7-12)13-11(9-17)8-14-10(2)15-13/h8,12,17H,3-7,9H2,1-2H3. The lowest BCUT2D eigenvalue weighted by molar-refractivity contribution is 0.280. The number of hydrogen-bond donors (Lipinski definition) is 1. The maximum Gasteiger partial charge on any atom is 0.138 e. The van der Waals surface area contributed by atoms with E-state index in [2.05, 4.69) is 21.8 Å². The van der Waals surface area contributed by atoms with Crippen LogP contribution in [0.1, 0.15) is 44.0 Å². The molecule has 94 valence electrons. The molecule has 17 heavy (non-hydrogen) atoms. The molecular formula is C13H21N3O. The van der Waals surface area contributed by atoms with Crippen LogP contribution in [0.3, 0.4) is 0 Å². The van der Waals surface area contributed by atoms with Gasteiger partial charge in [0.05, 0.1) is 6.61 Å². The zero-order valence-corrected chi connectivity index (χ0v) is 10.7. The monoisotopic (exact) mass is 235 g/mol. The molecule has 0 atom stereocenters. The Bertz CT molecular complexity index is 375. The molecule has 1 aromatic heterocycles. The van der Waals surface area contributed by atoms with Gasteiger partial charge in [0.1, 0.15) is 11.6 Å². The van der Waals surface area contributed by atoms with Crippen LogP contribution >= 0.6 is 0 Å². The van der Waals surface area contributed by atoms with Crippen LogP contribution < -0.4 is 4.90 Å². The summed E-state index contributed by atoms with van der Waals surface area (Å²) in [7, 11) is 0. The van der Waals surface area contributed by atoms with E-state index in [1.54, 1.807) is 6.20 Å². The number of hydrogen-bond acceptors (Lipinski definition) is 4. The van der Waals surface area contributed by atoms with Crippen LogP contribution in [-0.2, 0) is 6.61 Å². The fourth-order valence-electron chi connectivity index (χ4n) is 2.64. The molecule has 1 fully saturated rings. The van der Waals surface area contributed by atoms with Crippen LogP contribution in [0.25, 0.3) is 0 Å². The molecule has 1 saturated carbocycles. The minimum Gasteiger partial charge on any atom is -0.391 e. The summed E-state index contributed by atoms with van der Waals surface area (Å²) in [4.78, 5) is 11.0. The molecule has 0 saturated heterocycles. The Morgan fingerprint density at radius 3 is 2.71 bits per heavy atom. The maximum absolute atomic E-state index is 9.39. The highest BCUT2D eigenvalue weighted by Gasteiger charge is 2.24. The highest BCUT2D eigenvalue weighted by molar-refractivity contribution is 5.47. The Balaban J connectivity index is 2.31. The zero-order chi connectivity index (χ0) is 12.3. The molecule has 0 radical (unpaired) electrons. The molecule has 0 aromatic carbocycles. The fraction of sp³-hybridized carbons (Fsp3) is 0.692. The average molecular weight is 235 g/mol. The number of aliphatic hydroxyl groups excluding tert-OH is 1. The lowest BCUT2D eigenvalue weighted by atomic mass is 10.2. The Morgan fingerprint density at radius 1 is 1.41 bits per heavy atom. The van der Waals surface area contributed by atoms with Crippen molar-refractivity contribution in [1.29, 1.82) is 0 Å². The minimum atomic E-state index is 0.0127. The molecule has 0 unspecified atom stereocenters. The average Bonchev–Trinajstić information content (AvgIpc) is 2.84. The fourth-order valence-corrected chi connectivity index (χ4v) is 2.64. The summed E-state index contributed by atoms with van der Waals surface area (Å²) in [5.74, 6) is 1.70. The first-order valence-corrected chi connectivity index (χ1v) is 6.46. The predicted molar refractivity (Wildman–Crippen MR) is 68.0 cm³/mol. The van der Waals surface area contributed by atoms with Gasteiger partial charge in [-0.1, -0.05) is 12.8 Å². The van der Waals surface area contributed by atoms with Gasteiger partial charge < -0.3 is 10.0 Å². The highest BCUT2D eigenvalue weighted by atomic mass is 16.3. The van der Waals surface area contributed by atoms with E-state index < -0.39 is 0 Å². The molecule has 4 nitrogen and oxygen atoms in total. The van der Waals surface area contributed by atoms with Crippen LogP contribution in [0.4, 0.5) is 5.82 Å². The summed E-state index contributed by atoms with van der Waals surface area (Å²) < 4.78 is 0. The smallest absolute Gasteiger partial charge is 0.138 e. The van der Waals surface area contributed by atoms with Crippen molar-refractivity contribution in [2.45, 2.75) is 52.2 Å². The summed E-state index contributed by atoms with van der Waals surface area (Å²) >= 11 is 0. The van der Waals surface area contributed by atoms with Crippen molar-refractivity contribution in [1.82, 2.24) is 9.97 Å². The second-order valence-electron chi connectivity index (χ2n) is 4.65. The molecule has 1 aliphatic rings. The number of anilines is 1. The summed E-state index contributed by atoms with van der Waals surface area (Å²) in [6.45, 7) is 5.00. The third-order valence-electron chi connectivity index (χ3n) is 3.51. The Morgan fingerprint density at radius 2 is 2.12 bits per heavy atom. The van der Waals surface area contributed by atoms with E-state index >= 15 is 0 Å². The van der Waals surface area contributed by atoms with Gasteiger partial charge in [-0.25, -0.2) is 9.97 Å². The molecule has 0 spiro atoms. The van der Waals surface area contributed by atoms with Gasteiger partial charge in [0.2, 0.25) is 0 Å². The second-order valence-corrected chi connectivity index (χ2v) is 4.65. The summed E-state index contributed by atoms with van der Waals surface area (Å²) in [5.41, 5.74) is 0.837. The molecule has 1 heterocycles. The molecular weight excluding hydrogens is 214 g/mol. The number of aryl methyl sites for hydroxylation is 1. The number of rotatable bonds is 4. The van der Waals surface area contributed by atoms with Crippen molar-refractivity contribution >= 4 is 5.82 Å². The summed E-state index contributed by atoms with van der Waals surface area (Å²) in [6, 6.07) is 0.583. The largest absolute Gasteiger partial charge is 0.391 e. The third-order valence-corrected chi connectivity index (χ3v) is 3.51. The van der Waals surface area contributed by atoms with Gasteiger partial charge >= 0.3 is 0 Å². The molecule has 1 aliphatic carbocycles. The van der Waals surface area contributed by atoms with E-state index in [1.165, 1.54) is 25.7 Å². The molecule has 1 aromatic rings. The van der Waals surface area contributed by atoms with Gasteiger partial charge in [0.25, 0.3) is 0 Å². The van der Waals surface area contributed by atoms with E-state index in [1.807, 2.05) is 6.92 Å². The first kappa shape index (κ1) is 12.3. The van der Waals surface area contributed by atoms with Crippen molar-refractivity contribution in [2.75, 3.05) is 11.4 Å². The topological polar surface area (TPSA) is 49.2 Å². The quantitative estimate of drug-likeness (QED) is 0.867. The maximum atomic E-state index is 9.39.